The molecule has 0 saturated heterocycles. The topological polar surface area (TPSA) is 74.7 Å². The van der Waals surface area contributed by atoms with Crippen LogP contribution in [0.1, 0.15) is 51.2 Å². The molecular formula is C24H33NO4S. The van der Waals surface area contributed by atoms with Crippen LogP contribution in [0.5, 0.6) is 0 Å². The summed E-state index contributed by atoms with van der Waals surface area (Å²) in [5.74, 6) is -0.842. The van der Waals surface area contributed by atoms with Crippen molar-refractivity contribution in [1.82, 2.24) is 4.90 Å². The molecule has 0 unspecified atom stereocenters. The van der Waals surface area contributed by atoms with Gasteiger partial charge in [0.2, 0.25) is 9.84 Å². The number of carbonyl (C=O) groups is 1. The fraction of sp³-hybridized carbons (Fsp3) is 0.458. The van der Waals surface area contributed by atoms with Crippen LogP contribution in [0.15, 0.2) is 58.3 Å². The molecule has 164 valence electrons. The van der Waals surface area contributed by atoms with Gasteiger partial charge in [0.1, 0.15) is 6.04 Å². The van der Waals surface area contributed by atoms with E-state index in [1.165, 1.54) is 0 Å². The van der Waals surface area contributed by atoms with Gasteiger partial charge >= 0.3 is 5.97 Å². The van der Waals surface area contributed by atoms with E-state index < -0.39 is 21.8 Å². The van der Waals surface area contributed by atoms with Crippen molar-refractivity contribution in [3.63, 3.8) is 0 Å². The number of carboxylic acids is 1. The summed E-state index contributed by atoms with van der Waals surface area (Å²) >= 11 is 0. The normalized spacial score (nSPS) is 13.0. The lowest BCUT2D eigenvalue weighted by Gasteiger charge is -2.31. The molecule has 0 aromatic heterocycles. The lowest BCUT2D eigenvalue weighted by molar-refractivity contribution is -0.145. The van der Waals surface area contributed by atoms with Crippen LogP contribution < -0.4 is 0 Å². The van der Waals surface area contributed by atoms with Gasteiger partial charge in [0.25, 0.3) is 0 Å². The average molecular weight is 432 g/mol. The maximum absolute atomic E-state index is 12.9. The molecule has 5 nitrogen and oxygen atoms in total. The predicted molar refractivity (Wildman–Crippen MR) is 119 cm³/mol. The molecule has 0 aliphatic rings. The van der Waals surface area contributed by atoms with E-state index in [0.29, 0.717) is 13.1 Å². The predicted octanol–water partition coefficient (Wildman–Crippen LogP) is 4.93. The Morgan fingerprint density at radius 3 is 1.97 bits per heavy atom. The number of hydrogen-bond donors (Lipinski definition) is 1. The van der Waals surface area contributed by atoms with Crippen LogP contribution in [0.3, 0.4) is 0 Å². The molecular weight excluding hydrogens is 398 g/mol. The Balaban J connectivity index is 2.23. The number of benzene rings is 2. The minimum Gasteiger partial charge on any atom is -0.480 e. The van der Waals surface area contributed by atoms with Crippen molar-refractivity contribution in [2.45, 2.75) is 69.3 Å². The zero-order chi connectivity index (χ0) is 22.3. The number of carboxylic acid groups (broad SMARTS) is 1. The Bertz CT molecular complexity index is 919. The fourth-order valence-electron chi connectivity index (χ4n) is 3.61. The van der Waals surface area contributed by atoms with E-state index in [4.69, 9.17) is 0 Å². The van der Waals surface area contributed by atoms with E-state index >= 15 is 0 Å². The van der Waals surface area contributed by atoms with Gasteiger partial charge in [-0.3, -0.25) is 9.69 Å². The average Bonchev–Trinajstić information content (AvgIpc) is 2.68. The number of aliphatic carboxylic acids is 1. The second-order valence-corrected chi connectivity index (χ2v) is 10.1. The molecule has 2 aromatic rings. The number of unbranched alkanes of at least 4 members (excludes halogenated alkanes) is 2. The molecule has 0 fully saturated rings. The van der Waals surface area contributed by atoms with E-state index in [0.717, 1.165) is 30.4 Å². The van der Waals surface area contributed by atoms with Crippen LogP contribution in [0.2, 0.25) is 0 Å². The Morgan fingerprint density at radius 2 is 1.50 bits per heavy atom. The number of rotatable bonds is 11. The van der Waals surface area contributed by atoms with E-state index in [1.807, 2.05) is 25.7 Å². The van der Waals surface area contributed by atoms with Crippen molar-refractivity contribution < 1.29 is 18.3 Å². The standard InChI is InChI=1S/C24H33NO4S/c1-5-6-7-16-25(23(18(2)3)24(26)27)17-20-10-14-22(15-11-20)30(28,29)21-12-8-19(4)9-13-21/h8-15,18,23H,5-7,16-17H2,1-4H3,(H,26,27)/t23-/m0/s1. The largest absolute Gasteiger partial charge is 0.480 e. The smallest absolute Gasteiger partial charge is 0.321 e. The van der Waals surface area contributed by atoms with Crippen LogP contribution in [-0.4, -0.2) is 37.0 Å². The third kappa shape index (κ3) is 6.16. The second-order valence-electron chi connectivity index (χ2n) is 8.17. The highest BCUT2D eigenvalue weighted by Crippen LogP contribution is 2.23. The Morgan fingerprint density at radius 1 is 0.967 bits per heavy atom. The van der Waals surface area contributed by atoms with E-state index in [2.05, 4.69) is 6.92 Å². The zero-order valence-electron chi connectivity index (χ0n) is 18.3. The van der Waals surface area contributed by atoms with Crippen LogP contribution >= 0.6 is 0 Å². The molecule has 0 amide bonds. The van der Waals surface area contributed by atoms with Gasteiger partial charge in [0, 0.05) is 6.54 Å². The summed E-state index contributed by atoms with van der Waals surface area (Å²) < 4.78 is 25.7. The van der Waals surface area contributed by atoms with Crippen molar-refractivity contribution in [3.05, 3.63) is 59.7 Å². The van der Waals surface area contributed by atoms with Crippen LogP contribution in [0, 0.1) is 12.8 Å². The minimum atomic E-state index is -3.57. The third-order valence-corrected chi connectivity index (χ3v) is 7.06. The molecule has 0 bridgehead atoms. The molecule has 0 radical (unpaired) electrons. The van der Waals surface area contributed by atoms with Gasteiger partial charge in [0.15, 0.2) is 0 Å². The molecule has 1 N–H and O–H groups in total. The first kappa shape index (κ1) is 24.1. The fourth-order valence-corrected chi connectivity index (χ4v) is 4.87. The van der Waals surface area contributed by atoms with Crippen LogP contribution in [0.25, 0.3) is 0 Å². The monoisotopic (exact) mass is 431 g/mol. The van der Waals surface area contributed by atoms with E-state index in [9.17, 15) is 18.3 Å². The number of nitrogens with zero attached hydrogens (tertiary/aromatic N) is 1. The van der Waals surface area contributed by atoms with E-state index in [1.54, 1.807) is 48.5 Å². The number of hydrogen-bond acceptors (Lipinski definition) is 4. The van der Waals surface area contributed by atoms with Gasteiger partial charge in [0.05, 0.1) is 9.79 Å². The number of aryl methyl sites for hydroxylation is 1. The van der Waals surface area contributed by atoms with Crippen molar-refractivity contribution >= 4 is 15.8 Å². The van der Waals surface area contributed by atoms with Gasteiger partial charge in [-0.25, -0.2) is 8.42 Å². The summed E-state index contributed by atoms with van der Waals surface area (Å²) in [6, 6.07) is 13.0. The molecule has 30 heavy (non-hydrogen) atoms. The van der Waals surface area contributed by atoms with Gasteiger partial charge in [-0.1, -0.05) is 63.4 Å². The minimum absolute atomic E-state index is 0.0229. The Kier molecular flexibility index (Phi) is 8.62. The quantitative estimate of drug-likeness (QED) is 0.511. The highest BCUT2D eigenvalue weighted by Gasteiger charge is 2.28. The molecule has 1 atom stereocenters. The second kappa shape index (κ2) is 10.7. The van der Waals surface area contributed by atoms with Crippen molar-refractivity contribution in [2.75, 3.05) is 6.54 Å². The van der Waals surface area contributed by atoms with Crippen molar-refractivity contribution in [2.24, 2.45) is 5.92 Å². The SMILES string of the molecule is CCCCCN(Cc1ccc(S(=O)(=O)c2ccc(C)cc2)cc1)[C@H](C(=O)O)C(C)C. The van der Waals surface area contributed by atoms with Crippen molar-refractivity contribution in [1.29, 1.82) is 0 Å². The van der Waals surface area contributed by atoms with Crippen LogP contribution in [0.4, 0.5) is 0 Å². The Labute approximate surface area is 180 Å². The first-order valence-corrected chi connectivity index (χ1v) is 12.0. The van der Waals surface area contributed by atoms with Crippen molar-refractivity contribution in [3.8, 4) is 0 Å². The summed E-state index contributed by atoms with van der Waals surface area (Å²) in [5, 5.41) is 9.72. The Hall–Kier alpha value is -2.18. The first-order chi connectivity index (χ1) is 14.2. The third-order valence-electron chi connectivity index (χ3n) is 5.28. The summed E-state index contributed by atoms with van der Waals surface area (Å²) in [6.45, 7) is 9.05. The molecule has 6 heteroatoms. The summed E-state index contributed by atoms with van der Waals surface area (Å²) in [5.41, 5.74) is 1.91. The summed E-state index contributed by atoms with van der Waals surface area (Å²) in [4.78, 5) is 14.4. The molecule has 0 aliphatic heterocycles. The first-order valence-electron chi connectivity index (χ1n) is 10.5. The maximum Gasteiger partial charge on any atom is 0.321 e. The highest BCUT2D eigenvalue weighted by molar-refractivity contribution is 7.91. The summed E-state index contributed by atoms with van der Waals surface area (Å²) in [7, 11) is -3.57. The number of sulfone groups is 1. The van der Waals surface area contributed by atoms with Gasteiger partial charge < -0.3 is 5.11 Å². The molecule has 2 rings (SSSR count). The van der Waals surface area contributed by atoms with Gasteiger partial charge in [-0.2, -0.15) is 0 Å². The molecule has 0 saturated carbocycles. The lowest BCUT2D eigenvalue weighted by atomic mass is 10.0. The van der Waals surface area contributed by atoms with E-state index in [-0.39, 0.29) is 15.7 Å². The molecule has 0 heterocycles. The molecule has 2 aromatic carbocycles. The summed E-state index contributed by atoms with van der Waals surface area (Å²) in [6.07, 6.45) is 3.06. The van der Waals surface area contributed by atoms with Crippen LogP contribution in [-0.2, 0) is 21.2 Å². The highest BCUT2D eigenvalue weighted by atomic mass is 32.2. The maximum atomic E-state index is 12.9. The lowest BCUT2D eigenvalue weighted by Crippen LogP contribution is -2.44. The molecule has 0 aliphatic carbocycles. The zero-order valence-corrected chi connectivity index (χ0v) is 19.2. The van der Waals surface area contributed by atoms with Gasteiger partial charge in [-0.05, 0) is 55.6 Å². The van der Waals surface area contributed by atoms with Gasteiger partial charge in [-0.15, -0.1) is 0 Å². The molecule has 0 spiro atoms.